The predicted molar refractivity (Wildman–Crippen MR) is 101 cm³/mol. The van der Waals surface area contributed by atoms with Crippen LogP contribution in [0.1, 0.15) is 56.8 Å². The van der Waals surface area contributed by atoms with Crippen molar-refractivity contribution in [2.75, 3.05) is 5.32 Å². The lowest BCUT2D eigenvalue weighted by Crippen LogP contribution is -2.44. The van der Waals surface area contributed by atoms with Gasteiger partial charge < -0.3 is 10.1 Å². The van der Waals surface area contributed by atoms with E-state index in [1.165, 1.54) is 12.1 Å². The topological polar surface area (TPSA) is 140 Å². The van der Waals surface area contributed by atoms with E-state index in [2.05, 4.69) is 10.7 Å². The maximum absolute atomic E-state index is 12.2. The number of nitro groups is 1. The molecule has 0 bridgehead atoms. The van der Waals surface area contributed by atoms with Crippen molar-refractivity contribution in [3.63, 3.8) is 0 Å². The number of hydrogen-bond donors (Lipinski definition) is 3. The summed E-state index contributed by atoms with van der Waals surface area (Å²) in [7, 11) is 0. The van der Waals surface area contributed by atoms with Crippen LogP contribution in [0.15, 0.2) is 18.2 Å². The fraction of sp³-hybridized carbons (Fsp3) is 0.500. The van der Waals surface area contributed by atoms with Crippen molar-refractivity contribution >= 4 is 29.3 Å². The fourth-order valence-corrected chi connectivity index (χ4v) is 2.86. The summed E-state index contributed by atoms with van der Waals surface area (Å²) in [6.07, 6.45) is 2.67. The summed E-state index contributed by atoms with van der Waals surface area (Å²) in [5.74, 6) is -1.16. The maximum Gasteiger partial charge on any atom is 0.426 e. The highest BCUT2D eigenvalue weighted by atomic mass is 16.6. The second kappa shape index (κ2) is 8.68. The fourth-order valence-electron chi connectivity index (χ4n) is 2.86. The monoisotopic (exact) mass is 392 g/mol. The Morgan fingerprint density at radius 3 is 2.36 bits per heavy atom. The molecule has 0 radical (unpaired) electrons. The lowest BCUT2D eigenvalue weighted by molar-refractivity contribution is -0.385. The summed E-state index contributed by atoms with van der Waals surface area (Å²) in [5, 5.41) is 14.0. The smallest absolute Gasteiger partial charge is 0.426 e. The third kappa shape index (κ3) is 5.93. The van der Waals surface area contributed by atoms with Gasteiger partial charge in [-0.3, -0.25) is 25.1 Å². The van der Waals surface area contributed by atoms with Gasteiger partial charge in [-0.15, -0.1) is 0 Å². The number of carbonyl (C=O) groups excluding carboxylic acids is 3. The maximum atomic E-state index is 12.2. The predicted octanol–water partition coefficient (Wildman–Crippen LogP) is 2.89. The number of ether oxygens (including phenoxy) is 1. The summed E-state index contributed by atoms with van der Waals surface area (Å²) in [4.78, 5) is 46.6. The number of nitrogens with one attached hydrogen (secondary N) is 3. The van der Waals surface area contributed by atoms with E-state index in [9.17, 15) is 24.5 Å². The lowest BCUT2D eigenvalue weighted by atomic mass is 10.1. The Morgan fingerprint density at radius 1 is 1.14 bits per heavy atom. The molecule has 1 saturated carbocycles. The quantitative estimate of drug-likeness (QED) is 0.532. The van der Waals surface area contributed by atoms with Crippen LogP contribution in [0.5, 0.6) is 0 Å². The van der Waals surface area contributed by atoms with E-state index >= 15 is 0 Å². The molecule has 0 spiro atoms. The summed E-state index contributed by atoms with van der Waals surface area (Å²) in [5.41, 5.74) is 2.82. The zero-order chi connectivity index (χ0) is 20.9. The van der Waals surface area contributed by atoms with Gasteiger partial charge in [0.05, 0.1) is 4.92 Å². The first kappa shape index (κ1) is 21.1. The molecule has 0 saturated heterocycles. The second-order valence-corrected chi connectivity index (χ2v) is 7.54. The van der Waals surface area contributed by atoms with Gasteiger partial charge in [-0.05, 0) is 45.7 Å². The number of carbonyl (C=O) groups is 3. The van der Waals surface area contributed by atoms with E-state index in [1.54, 1.807) is 20.8 Å². The van der Waals surface area contributed by atoms with Gasteiger partial charge in [0.25, 0.3) is 11.6 Å². The second-order valence-electron chi connectivity index (χ2n) is 7.54. The Hall–Kier alpha value is -3.17. The molecule has 2 rings (SSSR count). The van der Waals surface area contributed by atoms with E-state index in [4.69, 9.17) is 4.74 Å². The highest BCUT2D eigenvalue weighted by molar-refractivity contribution is 6.00. The van der Waals surface area contributed by atoms with Crippen molar-refractivity contribution in [1.82, 2.24) is 10.9 Å². The Labute approximate surface area is 162 Å². The highest BCUT2D eigenvalue weighted by Gasteiger charge is 2.25. The van der Waals surface area contributed by atoms with Crippen LogP contribution in [-0.4, -0.2) is 28.4 Å². The molecule has 1 fully saturated rings. The molecule has 28 heavy (non-hydrogen) atoms. The number of benzene rings is 1. The summed E-state index contributed by atoms with van der Waals surface area (Å²) in [6.45, 7) is 4.95. The molecule has 0 atom stereocenters. The van der Waals surface area contributed by atoms with Crippen molar-refractivity contribution in [3.05, 3.63) is 33.9 Å². The van der Waals surface area contributed by atoms with Crippen LogP contribution >= 0.6 is 0 Å². The molecule has 1 aromatic carbocycles. The number of nitro benzene ring substituents is 1. The normalized spacial score (nSPS) is 14.2. The third-order valence-corrected chi connectivity index (χ3v) is 4.11. The number of hydrogen-bond acceptors (Lipinski definition) is 6. The first-order valence-electron chi connectivity index (χ1n) is 8.95. The molecule has 1 aliphatic carbocycles. The lowest BCUT2D eigenvalue weighted by Gasteiger charge is -2.19. The van der Waals surface area contributed by atoms with E-state index < -0.39 is 28.2 Å². The van der Waals surface area contributed by atoms with Crippen molar-refractivity contribution in [2.24, 2.45) is 5.92 Å². The average Bonchev–Trinajstić information content (AvgIpc) is 3.12. The molecule has 152 valence electrons. The molecular formula is C18H24N4O6. The Bertz CT molecular complexity index is 781. The number of hydrazine groups is 1. The van der Waals surface area contributed by atoms with Crippen LogP contribution in [-0.2, 0) is 9.53 Å². The molecule has 3 amide bonds. The molecule has 3 N–H and O–H groups in total. The van der Waals surface area contributed by atoms with Crippen LogP contribution in [0.2, 0.25) is 0 Å². The molecule has 0 aliphatic heterocycles. The van der Waals surface area contributed by atoms with E-state index in [0.717, 1.165) is 31.7 Å². The van der Waals surface area contributed by atoms with Gasteiger partial charge in [0, 0.05) is 17.7 Å². The number of amides is 3. The SMILES string of the molecule is CC(C)(C)OC(=O)NNC(=O)c1ccc(NC(=O)C2CCCC2)cc1[N+](=O)[O-]. The third-order valence-electron chi connectivity index (χ3n) is 4.11. The van der Waals surface area contributed by atoms with Gasteiger partial charge in [-0.25, -0.2) is 10.2 Å². The van der Waals surface area contributed by atoms with Gasteiger partial charge >= 0.3 is 6.09 Å². The van der Waals surface area contributed by atoms with Gasteiger partial charge in [0.15, 0.2) is 0 Å². The number of anilines is 1. The summed E-state index contributed by atoms with van der Waals surface area (Å²) < 4.78 is 4.97. The van der Waals surface area contributed by atoms with E-state index in [1.807, 2.05) is 5.43 Å². The Morgan fingerprint density at radius 2 is 1.79 bits per heavy atom. The van der Waals surface area contributed by atoms with E-state index in [-0.39, 0.29) is 23.1 Å². The number of nitrogens with zero attached hydrogens (tertiary/aromatic N) is 1. The van der Waals surface area contributed by atoms with Crippen molar-refractivity contribution in [2.45, 2.75) is 52.1 Å². The molecule has 0 heterocycles. The summed E-state index contributed by atoms with van der Waals surface area (Å²) in [6, 6.07) is 3.74. The van der Waals surface area contributed by atoms with E-state index in [0.29, 0.717) is 0 Å². The molecule has 10 heteroatoms. The average molecular weight is 392 g/mol. The van der Waals surface area contributed by atoms with Crippen molar-refractivity contribution in [3.8, 4) is 0 Å². The van der Waals surface area contributed by atoms with Crippen LogP contribution in [0.25, 0.3) is 0 Å². The molecular weight excluding hydrogens is 368 g/mol. The van der Waals surface area contributed by atoms with Crippen LogP contribution < -0.4 is 16.2 Å². The van der Waals surface area contributed by atoms with Gasteiger partial charge in [-0.1, -0.05) is 12.8 Å². The standard InChI is InChI=1S/C18H24N4O6/c1-18(2,3)28-17(25)21-20-16(24)13-9-8-12(10-14(13)22(26)27)19-15(23)11-6-4-5-7-11/h8-11H,4-7H2,1-3H3,(H,19,23)(H,20,24)(H,21,25). The minimum atomic E-state index is -0.899. The first-order valence-corrected chi connectivity index (χ1v) is 8.95. The Balaban J connectivity index is 2.07. The van der Waals surface area contributed by atoms with Crippen molar-refractivity contribution in [1.29, 1.82) is 0 Å². The van der Waals surface area contributed by atoms with Gasteiger partial charge in [0.2, 0.25) is 5.91 Å². The molecule has 0 aromatic heterocycles. The van der Waals surface area contributed by atoms with Crippen molar-refractivity contribution < 1.29 is 24.0 Å². The minimum absolute atomic E-state index is 0.0972. The molecule has 10 nitrogen and oxygen atoms in total. The summed E-state index contributed by atoms with van der Waals surface area (Å²) >= 11 is 0. The van der Waals surface area contributed by atoms with Crippen LogP contribution in [0, 0.1) is 16.0 Å². The van der Waals surface area contributed by atoms with Gasteiger partial charge in [0.1, 0.15) is 11.2 Å². The zero-order valence-electron chi connectivity index (χ0n) is 16.0. The Kier molecular flexibility index (Phi) is 6.55. The van der Waals surface area contributed by atoms with Gasteiger partial charge in [-0.2, -0.15) is 0 Å². The minimum Gasteiger partial charge on any atom is -0.443 e. The molecule has 1 aromatic rings. The van der Waals surface area contributed by atoms with Crippen LogP contribution in [0.3, 0.4) is 0 Å². The zero-order valence-corrected chi connectivity index (χ0v) is 16.0. The largest absolute Gasteiger partial charge is 0.443 e. The molecule has 0 unspecified atom stereocenters. The van der Waals surface area contributed by atoms with Crippen LogP contribution in [0.4, 0.5) is 16.2 Å². The molecule has 1 aliphatic rings. The highest BCUT2D eigenvalue weighted by Crippen LogP contribution is 2.28. The first-order chi connectivity index (χ1) is 13.1. The number of rotatable bonds is 4.